The molecule has 2 atom stereocenters. The Morgan fingerprint density at radius 3 is 2.79 bits per heavy atom. The van der Waals surface area contributed by atoms with Crippen LogP contribution >= 0.6 is 11.6 Å². The smallest absolute Gasteiger partial charge is 0.266 e. The molecule has 2 rings (SSSR count). The second kappa shape index (κ2) is 5.64. The van der Waals surface area contributed by atoms with Crippen molar-refractivity contribution in [1.29, 1.82) is 0 Å². The summed E-state index contributed by atoms with van der Waals surface area (Å²) in [5.41, 5.74) is -0.495. The molecule has 0 amide bonds. The van der Waals surface area contributed by atoms with Crippen molar-refractivity contribution in [2.75, 3.05) is 6.54 Å². The van der Waals surface area contributed by atoms with Crippen LogP contribution in [0.15, 0.2) is 22.0 Å². The molecule has 0 radical (unpaired) electrons. The molecule has 1 aliphatic carbocycles. The molecule has 1 fully saturated rings. The molecule has 1 heterocycles. The molecule has 1 saturated carbocycles. The second-order valence-corrected chi connectivity index (χ2v) is 7.32. The molecule has 0 aromatic carbocycles. The summed E-state index contributed by atoms with van der Waals surface area (Å²) in [7, 11) is -3.61. The summed E-state index contributed by atoms with van der Waals surface area (Å²) in [6.07, 6.45) is 4.41. The molecule has 106 valence electrons. The van der Waals surface area contributed by atoms with E-state index in [0.29, 0.717) is 18.4 Å². The van der Waals surface area contributed by atoms with E-state index in [1.807, 2.05) is 0 Å². The first-order valence-corrected chi connectivity index (χ1v) is 8.12. The molecule has 2 unspecified atom stereocenters. The monoisotopic (exact) mass is 304 g/mol. The molecular weight excluding hydrogens is 288 g/mol. The Balaban J connectivity index is 2.05. The summed E-state index contributed by atoms with van der Waals surface area (Å²) in [6, 6.07) is 1.17. The van der Waals surface area contributed by atoms with E-state index in [2.05, 4.69) is 16.6 Å². The summed E-state index contributed by atoms with van der Waals surface area (Å²) < 4.78 is 26.7. The number of hydrogen-bond acceptors (Lipinski definition) is 3. The molecule has 5 nitrogen and oxygen atoms in total. The van der Waals surface area contributed by atoms with Crippen LogP contribution in [0.25, 0.3) is 0 Å². The first-order chi connectivity index (χ1) is 8.88. The average molecular weight is 305 g/mol. The van der Waals surface area contributed by atoms with Gasteiger partial charge in [0.2, 0.25) is 10.0 Å². The molecule has 1 aromatic rings. The van der Waals surface area contributed by atoms with Gasteiger partial charge in [-0.05, 0) is 30.7 Å². The number of halogens is 1. The van der Waals surface area contributed by atoms with E-state index in [1.165, 1.54) is 6.07 Å². The molecule has 1 aromatic heterocycles. The SMILES string of the molecule is CC1CCC(CNS(=O)(=O)c2c[nH]c(=O)c(Cl)c2)C1. The van der Waals surface area contributed by atoms with Crippen molar-refractivity contribution in [3.8, 4) is 0 Å². The number of hydrogen-bond donors (Lipinski definition) is 2. The fraction of sp³-hybridized carbons (Fsp3) is 0.583. The van der Waals surface area contributed by atoms with Crippen LogP contribution in [0.1, 0.15) is 26.2 Å². The van der Waals surface area contributed by atoms with Gasteiger partial charge in [0.15, 0.2) is 0 Å². The number of pyridine rings is 1. The number of rotatable bonds is 4. The van der Waals surface area contributed by atoms with Crippen molar-refractivity contribution < 1.29 is 8.42 Å². The molecular formula is C12H17ClN2O3S. The lowest BCUT2D eigenvalue weighted by molar-refractivity contribution is 0.498. The summed E-state index contributed by atoms with van der Waals surface area (Å²) in [5.74, 6) is 1.06. The first kappa shape index (κ1) is 14.6. The zero-order chi connectivity index (χ0) is 14.0. The maximum atomic E-state index is 12.0. The Morgan fingerprint density at radius 2 is 2.21 bits per heavy atom. The normalized spacial score (nSPS) is 23.7. The van der Waals surface area contributed by atoms with Gasteiger partial charge in [0.1, 0.15) is 5.02 Å². The van der Waals surface area contributed by atoms with Gasteiger partial charge in [0.25, 0.3) is 5.56 Å². The fourth-order valence-corrected chi connectivity index (χ4v) is 3.76. The maximum Gasteiger partial charge on any atom is 0.266 e. The largest absolute Gasteiger partial charge is 0.326 e. The van der Waals surface area contributed by atoms with Gasteiger partial charge in [-0.3, -0.25) is 4.79 Å². The van der Waals surface area contributed by atoms with Gasteiger partial charge in [-0.15, -0.1) is 0 Å². The molecule has 0 spiro atoms. The van der Waals surface area contributed by atoms with Gasteiger partial charge in [-0.25, -0.2) is 13.1 Å². The highest BCUT2D eigenvalue weighted by Gasteiger charge is 2.23. The Morgan fingerprint density at radius 1 is 1.47 bits per heavy atom. The lowest BCUT2D eigenvalue weighted by Crippen LogP contribution is -2.29. The number of sulfonamides is 1. The third-order valence-electron chi connectivity index (χ3n) is 3.51. The molecule has 0 saturated heterocycles. The van der Waals surface area contributed by atoms with Crippen molar-refractivity contribution in [2.24, 2.45) is 11.8 Å². The summed E-state index contributed by atoms with van der Waals surface area (Å²) in [4.78, 5) is 13.4. The van der Waals surface area contributed by atoms with Crippen LogP contribution in [0.3, 0.4) is 0 Å². The van der Waals surface area contributed by atoms with Crippen LogP contribution in [0, 0.1) is 11.8 Å². The number of H-pyrrole nitrogens is 1. The van der Waals surface area contributed by atoms with Crippen LogP contribution in [-0.2, 0) is 10.0 Å². The average Bonchev–Trinajstić information content (AvgIpc) is 2.76. The van der Waals surface area contributed by atoms with Crippen LogP contribution < -0.4 is 10.3 Å². The van der Waals surface area contributed by atoms with Crippen LogP contribution in [-0.4, -0.2) is 19.9 Å². The van der Waals surface area contributed by atoms with Crippen molar-refractivity contribution in [3.05, 3.63) is 27.6 Å². The molecule has 2 N–H and O–H groups in total. The Bertz CT molecular complexity index is 612. The zero-order valence-corrected chi connectivity index (χ0v) is 12.2. The van der Waals surface area contributed by atoms with E-state index in [0.717, 1.165) is 25.5 Å². The number of nitrogens with one attached hydrogen (secondary N) is 2. The summed E-state index contributed by atoms with van der Waals surface area (Å²) in [6.45, 7) is 2.61. The number of aromatic nitrogens is 1. The van der Waals surface area contributed by atoms with E-state index in [4.69, 9.17) is 11.6 Å². The van der Waals surface area contributed by atoms with E-state index < -0.39 is 15.6 Å². The molecule has 7 heteroatoms. The van der Waals surface area contributed by atoms with Gasteiger partial charge in [-0.2, -0.15) is 0 Å². The minimum atomic E-state index is -3.61. The maximum absolute atomic E-state index is 12.0. The molecule has 19 heavy (non-hydrogen) atoms. The van der Waals surface area contributed by atoms with Crippen LogP contribution in [0.4, 0.5) is 0 Å². The van der Waals surface area contributed by atoms with Gasteiger partial charge in [0.05, 0.1) is 4.90 Å². The van der Waals surface area contributed by atoms with Crippen molar-refractivity contribution >= 4 is 21.6 Å². The van der Waals surface area contributed by atoms with Crippen molar-refractivity contribution in [2.45, 2.75) is 31.1 Å². The predicted octanol–water partition coefficient (Wildman–Crippen LogP) is 1.74. The van der Waals surface area contributed by atoms with E-state index in [1.54, 1.807) is 0 Å². The highest BCUT2D eigenvalue weighted by Crippen LogP contribution is 2.29. The summed E-state index contributed by atoms with van der Waals surface area (Å²) >= 11 is 5.63. The van der Waals surface area contributed by atoms with E-state index >= 15 is 0 Å². The van der Waals surface area contributed by atoms with Crippen LogP contribution in [0.5, 0.6) is 0 Å². The first-order valence-electron chi connectivity index (χ1n) is 6.26. The van der Waals surface area contributed by atoms with Crippen molar-refractivity contribution in [3.63, 3.8) is 0 Å². The lowest BCUT2D eigenvalue weighted by atomic mass is 10.1. The fourth-order valence-electron chi connectivity index (χ4n) is 2.41. The number of aromatic amines is 1. The standard InChI is InChI=1S/C12H17ClN2O3S/c1-8-2-3-9(4-8)6-15-19(17,18)10-5-11(13)12(16)14-7-10/h5,7-9,15H,2-4,6H2,1H3,(H,14,16). The van der Waals surface area contributed by atoms with E-state index in [9.17, 15) is 13.2 Å². The third-order valence-corrected chi connectivity index (χ3v) is 5.19. The highest BCUT2D eigenvalue weighted by molar-refractivity contribution is 7.89. The molecule has 0 bridgehead atoms. The quantitative estimate of drug-likeness (QED) is 0.889. The highest BCUT2D eigenvalue weighted by atomic mass is 35.5. The minimum absolute atomic E-state index is 0.0110. The molecule has 0 aliphatic heterocycles. The third kappa shape index (κ3) is 3.58. The zero-order valence-electron chi connectivity index (χ0n) is 10.6. The Kier molecular flexibility index (Phi) is 4.32. The van der Waals surface area contributed by atoms with Crippen LogP contribution in [0.2, 0.25) is 5.02 Å². The lowest BCUT2D eigenvalue weighted by Gasteiger charge is -2.11. The van der Waals surface area contributed by atoms with Gasteiger partial charge < -0.3 is 4.98 Å². The van der Waals surface area contributed by atoms with Crippen molar-refractivity contribution in [1.82, 2.24) is 9.71 Å². The van der Waals surface area contributed by atoms with Gasteiger partial charge in [-0.1, -0.05) is 24.9 Å². The van der Waals surface area contributed by atoms with Gasteiger partial charge >= 0.3 is 0 Å². The topological polar surface area (TPSA) is 79.0 Å². The summed E-state index contributed by atoms with van der Waals surface area (Å²) in [5, 5.41) is -0.127. The molecule has 1 aliphatic rings. The minimum Gasteiger partial charge on any atom is -0.326 e. The predicted molar refractivity (Wildman–Crippen MR) is 73.8 cm³/mol. The Labute approximate surface area is 117 Å². The second-order valence-electron chi connectivity index (χ2n) is 5.15. The Hall–Kier alpha value is -0.850. The van der Waals surface area contributed by atoms with E-state index in [-0.39, 0.29) is 9.92 Å². The van der Waals surface area contributed by atoms with Gasteiger partial charge in [0, 0.05) is 12.7 Å².